The van der Waals surface area contributed by atoms with Crippen molar-refractivity contribution in [2.75, 3.05) is 11.6 Å². The molecule has 9 nitrogen and oxygen atoms in total. The van der Waals surface area contributed by atoms with E-state index in [9.17, 15) is 14.4 Å². The van der Waals surface area contributed by atoms with Gasteiger partial charge >= 0.3 is 5.97 Å². The van der Waals surface area contributed by atoms with E-state index in [1.165, 1.54) is 17.8 Å². The molecule has 0 aliphatic carbocycles. The zero-order chi connectivity index (χ0) is 23.3. The quantitative estimate of drug-likeness (QED) is 0.396. The molecule has 3 rings (SSSR count). The third-order valence-corrected chi connectivity index (χ3v) is 5.33. The maximum Gasteiger partial charge on any atom is 0.338 e. The van der Waals surface area contributed by atoms with Gasteiger partial charge in [-0.05, 0) is 56.0 Å². The minimum atomic E-state index is -1.04. The number of thioether (sulfide) groups is 1. The second-order valence-corrected chi connectivity index (χ2v) is 7.59. The van der Waals surface area contributed by atoms with Crippen LogP contribution in [0.1, 0.15) is 39.9 Å². The van der Waals surface area contributed by atoms with Crippen LogP contribution in [-0.4, -0.2) is 44.9 Å². The molecule has 3 N–H and O–H groups in total. The smallest absolute Gasteiger partial charge is 0.338 e. The van der Waals surface area contributed by atoms with Crippen molar-refractivity contribution >= 4 is 35.2 Å². The number of hydrogen-bond donors (Lipinski definition) is 2. The van der Waals surface area contributed by atoms with Crippen LogP contribution in [0.25, 0.3) is 5.69 Å². The van der Waals surface area contributed by atoms with Gasteiger partial charge in [0.15, 0.2) is 11.3 Å². The SMILES string of the molecule is CCC(OC(=O)c1ccc(-n2c(C)nnc2SC)cc1)C(=O)Nc1ccccc1C(N)=O. The van der Waals surface area contributed by atoms with E-state index in [1.54, 1.807) is 49.4 Å². The highest BCUT2D eigenvalue weighted by atomic mass is 32.2. The van der Waals surface area contributed by atoms with Gasteiger partial charge in [-0.2, -0.15) is 0 Å². The number of anilines is 1. The number of esters is 1. The third-order valence-electron chi connectivity index (χ3n) is 4.70. The van der Waals surface area contributed by atoms with Crippen LogP contribution in [0.4, 0.5) is 5.69 Å². The number of nitrogens with one attached hydrogen (secondary N) is 1. The predicted molar refractivity (Wildman–Crippen MR) is 121 cm³/mol. The summed E-state index contributed by atoms with van der Waals surface area (Å²) in [6.07, 6.45) is 1.13. The first-order valence-corrected chi connectivity index (χ1v) is 11.0. The Bertz CT molecular complexity index is 1140. The maximum absolute atomic E-state index is 12.6. The lowest BCUT2D eigenvalue weighted by Gasteiger charge is -2.17. The molecule has 0 radical (unpaired) electrons. The Labute approximate surface area is 189 Å². The molecule has 0 saturated carbocycles. The van der Waals surface area contributed by atoms with Crippen molar-refractivity contribution in [3.63, 3.8) is 0 Å². The first-order valence-electron chi connectivity index (χ1n) is 9.82. The number of carbonyl (C=O) groups is 3. The molecule has 166 valence electrons. The fourth-order valence-corrected chi connectivity index (χ4v) is 3.60. The Morgan fingerprint density at radius 1 is 1.12 bits per heavy atom. The van der Waals surface area contributed by atoms with Crippen LogP contribution in [0.2, 0.25) is 0 Å². The summed E-state index contributed by atoms with van der Waals surface area (Å²) in [5.41, 5.74) is 6.89. The van der Waals surface area contributed by atoms with E-state index in [2.05, 4.69) is 15.5 Å². The topological polar surface area (TPSA) is 129 Å². The predicted octanol–water partition coefficient (Wildman–Crippen LogP) is 2.97. The van der Waals surface area contributed by atoms with Crippen LogP contribution in [0.5, 0.6) is 0 Å². The van der Waals surface area contributed by atoms with E-state index in [1.807, 2.05) is 17.7 Å². The molecule has 0 aliphatic heterocycles. The molecule has 1 unspecified atom stereocenters. The van der Waals surface area contributed by atoms with Gasteiger partial charge in [-0.3, -0.25) is 14.2 Å². The molecule has 1 atom stereocenters. The number of aromatic nitrogens is 3. The second kappa shape index (κ2) is 10.1. The number of hydrogen-bond acceptors (Lipinski definition) is 7. The van der Waals surface area contributed by atoms with E-state index in [0.717, 1.165) is 16.7 Å². The summed E-state index contributed by atoms with van der Waals surface area (Å²) >= 11 is 1.46. The van der Waals surface area contributed by atoms with Gasteiger partial charge in [-0.25, -0.2) is 4.79 Å². The summed E-state index contributed by atoms with van der Waals surface area (Å²) in [4.78, 5) is 36.8. The fraction of sp³-hybridized carbons (Fsp3) is 0.227. The lowest BCUT2D eigenvalue weighted by Crippen LogP contribution is -2.32. The molecule has 32 heavy (non-hydrogen) atoms. The molecule has 2 amide bonds. The zero-order valence-electron chi connectivity index (χ0n) is 17.9. The molecule has 10 heteroatoms. The van der Waals surface area contributed by atoms with Crippen molar-refractivity contribution in [2.24, 2.45) is 5.73 Å². The second-order valence-electron chi connectivity index (χ2n) is 6.82. The van der Waals surface area contributed by atoms with Gasteiger partial charge in [-0.15, -0.1) is 10.2 Å². The Kier molecular flexibility index (Phi) is 7.26. The minimum Gasteiger partial charge on any atom is -0.449 e. The van der Waals surface area contributed by atoms with Crippen LogP contribution >= 0.6 is 11.8 Å². The number of carbonyl (C=O) groups excluding carboxylic acids is 3. The highest BCUT2D eigenvalue weighted by Crippen LogP contribution is 2.21. The van der Waals surface area contributed by atoms with Crippen LogP contribution in [0.3, 0.4) is 0 Å². The van der Waals surface area contributed by atoms with Crippen LogP contribution < -0.4 is 11.1 Å². The van der Waals surface area contributed by atoms with Gasteiger partial charge in [0.25, 0.3) is 11.8 Å². The molecule has 0 aliphatic rings. The summed E-state index contributed by atoms with van der Waals surface area (Å²) < 4.78 is 7.29. The van der Waals surface area contributed by atoms with Crippen molar-refractivity contribution in [3.8, 4) is 5.69 Å². The zero-order valence-corrected chi connectivity index (χ0v) is 18.7. The molecule has 0 saturated heterocycles. The van der Waals surface area contributed by atoms with Crippen LogP contribution in [0, 0.1) is 6.92 Å². The average molecular weight is 454 g/mol. The van der Waals surface area contributed by atoms with Gasteiger partial charge in [0, 0.05) is 5.69 Å². The number of rotatable bonds is 8. The molecule has 2 aromatic carbocycles. The van der Waals surface area contributed by atoms with Crippen molar-refractivity contribution < 1.29 is 19.1 Å². The number of aryl methyl sites for hydroxylation is 1. The Balaban J connectivity index is 1.72. The summed E-state index contributed by atoms with van der Waals surface area (Å²) in [7, 11) is 0. The van der Waals surface area contributed by atoms with E-state index in [0.29, 0.717) is 5.56 Å². The maximum atomic E-state index is 12.6. The van der Waals surface area contributed by atoms with E-state index in [-0.39, 0.29) is 17.7 Å². The van der Waals surface area contributed by atoms with E-state index < -0.39 is 23.9 Å². The highest BCUT2D eigenvalue weighted by molar-refractivity contribution is 7.98. The van der Waals surface area contributed by atoms with Crippen molar-refractivity contribution in [1.82, 2.24) is 14.8 Å². The van der Waals surface area contributed by atoms with E-state index >= 15 is 0 Å². The fourth-order valence-electron chi connectivity index (χ4n) is 3.06. The first kappa shape index (κ1) is 23.0. The van der Waals surface area contributed by atoms with Crippen LogP contribution in [-0.2, 0) is 9.53 Å². The number of para-hydroxylation sites is 1. The highest BCUT2D eigenvalue weighted by Gasteiger charge is 2.23. The summed E-state index contributed by atoms with van der Waals surface area (Å²) in [6.45, 7) is 3.56. The minimum absolute atomic E-state index is 0.173. The van der Waals surface area contributed by atoms with E-state index in [4.69, 9.17) is 10.5 Å². The van der Waals surface area contributed by atoms with Gasteiger partial charge in [0.2, 0.25) is 0 Å². The molecule has 0 spiro atoms. The Hall–Kier alpha value is -3.66. The molecular formula is C22H23N5O4S. The first-order chi connectivity index (χ1) is 15.3. The molecular weight excluding hydrogens is 430 g/mol. The number of primary amides is 1. The monoisotopic (exact) mass is 453 g/mol. The number of ether oxygens (including phenoxy) is 1. The summed E-state index contributed by atoms with van der Waals surface area (Å²) in [5, 5.41) is 11.5. The normalized spacial score (nSPS) is 11.6. The number of nitrogens with zero attached hydrogens (tertiary/aromatic N) is 3. The molecule has 0 bridgehead atoms. The van der Waals surface area contributed by atoms with Gasteiger partial charge in [-0.1, -0.05) is 30.8 Å². The lowest BCUT2D eigenvalue weighted by molar-refractivity contribution is -0.124. The van der Waals surface area contributed by atoms with Crippen molar-refractivity contribution in [3.05, 3.63) is 65.5 Å². The molecule has 3 aromatic rings. The number of benzene rings is 2. The van der Waals surface area contributed by atoms with Crippen molar-refractivity contribution in [1.29, 1.82) is 0 Å². The third kappa shape index (κ3) is 4.97. The Morgan fingerprint density at radius 3 is 2.44 bits per heavy atom. The Morgan fingerprint density at radius 2 is 1.81 bits per heavy atom. The molecule has 0 fully saturated rings. The molecule has 1 heterocycles. The van der Waals surface area contributed by atoms with Crippen molar-refractivity contribution in [2.45, 2.75) is 31.5 Å². The standard InChI is InChI=1S/C22H23N5O4S/c1-4-18(20(29)24-17-8-6-5-7-16(17)19(23)28)31-21(30)14-9-11-15(12-10-14)27-13(2)25-26-22(27)32-3/h5-12,18H,4H2,1-3H3,(H2,23,28)(H,24,29). The van der Waals surface area contributed by atoms with Crippen LogP contribution in [0.15, 0.2) is 53.7 Å². The summed E-state index contributed by atoms with van der Waals surface area (Å²) in [6, 6.07) is 13.1. The number of amides is 2. The van der Waals surface area contributed by atoms with Gasteiger partial charge in [0.05, 0.1) is 16.8 Å². The molecule has 1 aromatic heterocycles. The number of nitrogens with two attached hydrogens (primary N) is 1. The largest absolute Gasteiger partial charge is 0.449 e. The summed E-state index contributed by atoms with van der Waals surface area (Å²) in [5.74, 6) is -1.12. The average Bonchev–Trinajstić information content (AvgIpc) is 3.17. The lowest BCUT2D eigenvalue weighted by atomic mass is 10.1. The van der Waals surface area contributed by atoms with Gasteiger partial charge in [0.1, 0.15) is 5.82 Å². The van der Waals surface area contributed by atoms with Gasteiger partial charge < -0.3 is 15.8 Å².